The van der Waals surface area contributed by atoms with E-state index in [-0.39, 0.29) is 17.8 Å². The lowest BCUT2D eigenvalue weighted by molar-refractivity contribution is -0.148. The van der Waals surface area contributed by atoms with Crippen LogP contribution < -0.4 is 0 Å². The Labute approximate surface area is 152 Å². The Morgan fingerprint density at radius 3 is 2.69 bits per heavy atom. The number of fused-ring (bicyclic) bond motifs is 1. The van der Waals surface area contributed by atoms with Gasteiger partial charge in [0.25, 0.3) is 0 Å². The standard InChI is InChI=1S/C20H24O6/c1-11(2)8-17(22)25-16-10-20(5,24)7-6-14(21)12(3)9-15-18(16)13(4)19(23)26-15/h6-9,15-16,18,24H,4,10H2,1-3,5H3/b7-6+,12-9-/t15-,16-,18+,20+/m1/s1. The average Bonchev–Trinajstić information content (AvgIpc) is 2.77. The Balaban J connectivity index is 2.48. The number of aliphatic hydroxyl groups is 1. The summed E-state index contributed by atoms with van der Waals surface area (Å²) in [6.07, 6.45) is 3.87. The molecule has 0 amide bonds. The zero-order chi connectivity index (χ0) is 19.6. The third-order valence-corrected chi connectivity index (χ3v) is 4.35. The van der Waals surface area contributed by atoms with Crippen LogP contribution in [-0.2, 0) is 23.9 Å². The van der Waals surface area contributed by atoms with Crippen molar-refractivity contribution in [2.45, 2.75) is 51.9 Å². The fourth-order valence-electron chi connectivity index (χ4n) is 3.03. The van der Waals surface area contributed by atoms with Gasteiger partial charge in [-0.1, -0.05) is 12.2 Å². The van der Waals surface area contributed by atoms with E-state index in [1.54, 1.807) is 20.8 Å². The molecule has 1 aliphatic heterocycles. The maximum Gasteiger partial charge on any atom is 0.334 e. The van der Waals surface area contributed by atoms with Crippen LogP contribution in [-0.4, -0.2) is 40.6 Å². The molecular formula is C20H24O6. The summed E-state index contributed by atoms with van der Waals surface area (Å²) in [5.74, 6) is -2.16. The summed E-state index contributed by atoms with van der Waals surface area (Å²) in [5, 5.41) is 10.6. The summed E-state index contributed by atoms with van der Waals surface area (Å²) in [7, 11) is 0. The van der Waals surface area contributed by atoms with E-state index in [0.29, 0.717) is 5.57 Å². The number of hydrogen-bond donors (Lipinski definition) is 1. The Hall–Kier alpha value is -2.47. The monoisotopic (exact) mass is 360 g/mol. The van der Waals surface area contributed by atoms with E-state index < -0.39 is 35.7 Å². The maximum absolute atomic E-state index is 12.2. The van der Waals surface area contributed by atoms with Crippen molar-refractivity contribution in [3.8, 4) is 0 Å². The topological polar surface area (TPSA) is 89.9 Å². The SMILES string of the molecule is C=C1C(=O)O[C@@H]2/C=C(/C)C(=O)/C=C/[C@](C)(O)C[C@@H](OC(=O)C=C(C)C)[C@@H]12. The minimum Gasteiger partial charge on any atom is -0.458 e. The normalized spacial score (nSPS) is 34.9. The highest BCUT2D eigenvalue weighted by Crippen LogP contribution is 2.36. The van der Waals surface area contributed by atoms with E-state index in [2.05, 4.69) is 6.58 Å². The van der Waals surface area contributed by atoms with Crippen LogP contribution in [0.3, 0.4) is 0 Å². The molecular weight excluding hydrogens is 336 g/mol. The van der Waals surface area contributed by atoms with Gasteiger partial charge in [0.1, 0.15) is 12.2 Å². The van der Waals surface area contributed by atoms with Crippen LogP contribution in [0.5, 0.6) is 0 Å². The van der Waals surface area contributed by atoms with E-state index >= 15 is 0 Å². The molecule has 1 heterocycles. The third-order valence-electron chi connectivity index (χ3n) is 4.35. The van der Waals surface area contributed by atoms with Gasteiger partial charge in [0.2, 0.25) is 0 Å². The highest BCUT2D eigenvalue weighted by molar-refractivity contribution is 6.03. The number of allylic oxidation sites excluding steroid dienone is 3. The Morgan fingerprint density at radius 2 is 2.08 bits per heavy atom. The lowest BCUT2D eigenvalue weighted by Crippen LogP contribution is -2.39. The molecule has 0 bridgehead atoms. The first-order valence-electron chi connectivity index (χ1n) is 8.40. The van der Waals surface area contributed by atoms with Crippen molar-refractivity contribution in [1.29, 1.82) is 0 Å². The fourth-order valence-corrected chi connectivity index (χ4v) is 3.03. The van der Waals surface area contributed by atoms with Gasteiger partial charge in [0, 0.05) is 18.1 Å². The molecule has 0 aromatic heterocycles. The largest absolute Gasteiger partial charge is 0.458 e. The highest BCUT2D eigenvalue weighted by atomic mass is 16.6. The maximum atomic E-state index is 12.2. The number of ketones is 1. The predicted molar refractivity (Wildman–Crippen MR) is 95.0 cm³/mol. The van der Waals surface area contributed by atoms with Gasteiger partial charge in [-0.25, -0.2) is 9.59 Å². The first-order chi connectivity index (χ1) is 12.0. The minimum absolute atomic E-state index is 0.0111. The lowest BCUT2D eigenvalue weighted by Gasteiger charge is -2.31. The van der Waals surface area contributed by atoms with Gasteiger partial charge >= 0.3 is 11.9 Å². The van der Waals surface area contributed by atoms with Crippen LogP contribution >= 0.6 is 0 Å². The molecule has 0 aromatic rings. The molecule has 0 unspecified atom stereocenters. The molecule has 0 spiro atoms. The molecule has 1 aliphatic carbocycles. The number of esters is 2. The van der Waals surface area contributed by atoms with Crippen LogP contribution in [0.1, 0.15) is 34.1 Å². The molecule has 1 fully saturated rings. The van der Waals surface area contributed by atoms with Crippen molar-refractivity contribution >= 4 is 17.7 Å². The molecule has 6 heteroatoms. The van der Waals surface area contributed by atoms with E-state index in [4.69, 9.17) is 9.47 Å². The van der Waals surface area contributed by atoms with Crippen molar-refractivity contribution in [1.82, 2.24) is 0 Å². The van der Waals surface area contributed by atoms with E-state index in [1.165, 1.54) is 31.2 Å². The number of hydrogen-bond acceptors (Lipinski definition) is 6. The first kappa shape index (κ1) is 19.8. The van der Waals surface area contributed by atoms with E-state index in [9.17, 15) is 19.5 Å². The summed E-state index contributed by atoms with van der Waals surface area (Å²) in [4.78, 5) is 36.3. The summed E-state index contributed by atoms with van der Waals surface area (Å²) in [6, 6.07) is 0. The zero-order valence-electron chi connectivity index (χ0n) is 15.4. The Bertz CT molecular complexity index is 733. The van der Waals surface area contributed by atoms with E-state index in [1.807, 2.05) is 0 Å². The second-order valence-corrected chi connectivity index (χ2v) is 7.23. The molecule has 140 valence electrons. The summed E-state index contributed by atoms with van der Waals surface area (Å²) in [6.45, 7) is 10.4. The summed E-state index contributed by atoms with van der Waals surface area (Å²) >= 11 is 0. The van der Waals surface area contributed by atoms with Gasteiger partial charge < -0.3 is 14.6 Å². The second-order valence-electron chi connectivity index (χ2n) is 7.23. The molecule has 6 nitrogen and oxygen atoms in total. The molecule has 0 radical (unpaired) electrons. The number of rotatable bonds is 2. The van der Waals surface area contributed by atoms with Gasteiger partial charge in [-0.3, -0.25) is 4.79 Å². The molecule has 2 rings (SSSR count). The highest BCUT2D eigenvalue weighted by Gasteiger charge is 2.46. The third kappa shape index (κ3) is 4.58. The summed E-state index contributed by atoms with van der Waals surface area (Å²) < 4.78 is 10.9. The fraction of sp³-hybridized carbons (Fsp3) is 0.450. The molecule has 1 N–H and O–H groups in total. The van der Waals surface area contributed by atoms with E-state index in [0.717, 1.165) is 5.57 Å². The van der Waals surface area contributed by atoms with Gasteiger partial charge in [-0.2, -0.15) is 0 Å². The van der Waals surface area contributed by atoms with Crippen molar-refractivity contribution in [2.75, 3.05) is 0 Å². The molecule has 0 aromatic carbocycles. The molecule has 2 aliphatic rings. The molecule has 1 saturated heterocycles. The molecule has 26 heavy (non-hydrogen) atoms. The number of ether oxygens (including phenoxy) is 2. The van der Waals surface area contributed by atoms with Crippen molar-refractivity contribution in [3.63, 3.8) is 0 Å². The quantitative estimate of drug-likeness (QED) is 0.600. The minimum atomic E-state index is -1.42. The smallest absolute Gasteiger partial charge is 0.334 e. The van der Waals surface area contributed by atoms with Gasteiger partial charge in [-0.15, -0.1) is 0 Å². The van der Waals surface area contributed by atoms with Gasteiger partial charge in [0.15, 0.2) is 5.78 Å². The van der Waals surface area contributed by atoms with Crippen LogP contribution in [0.15, 0.2) is 47.6 Å². The molecule has 0 saturated carbocycles. The van der Waals surface area contributed by atoms with Crippen molar-refractivity contribution in [2.24, 2.45) is 5.92 Å². The van der Waals surface area contributed by atoms with Gasteiger partial charge in [0.05, 0.1) is 11.5 Å². The van der Waals surface area contributed by atoms with Gasteiger partial charge in [-0.05, 0) is 51.5 Å². The average molecular weight is 360 g/mol. The molecule has 4 atom stereocenters. The summed E-state index contributed by atoms with van der Waals surface area (Å²) in [5.41, 5.74) is -0.135. The number of carbonyl (C=O) groups is 3. The van der Waals surface area contributed by atoms with Crippen molar-refractivity contribution < 1.29 is 29.0 Å². The van der Waals surface area contributed by atoms with Crippen LogP contribution in [0.4, 0.5) is 0 Å². The second kappa shape index (κ2) is 7.41. The predicted octanol–water partition coefficient (Wildman–Crippen LogP) is 2.19. The number of carbonyl (C=O) groups excluding carboxylic acids is 3. The Morgan fingerprint density at radius 1 is 1.42 bits per heavy atom. The van der Waals surface area contributed by atoms with Crippen molar-refractivity contribution in [3.05, 3.63) is 47.6 Å². The lowest BCUT2D eigenvalue weighted by atomic mass is 9.82. The van der Waals surface area contributed by atoms with Crippen LogP contribution in [0, 0.1) is 5.92 Å². The van der Waals surface area contributed by atoms with Crippen LogP contribution in [0.2, 0.25) is 0 Å². The Kier molecular flexibility index (Phi) is 5.66. The zero-order valence-corrected chi connectivity index (χ0v) is 15.4. The van der Waals surface area contributed by atoms with Crippen LogP contribution in [0.25, 0.3) is 0 Å². The first-order valence-corrected chi connectivity index (χ1v) is 8.40.